The quantitative estimate of drug-likeness (QED) is 0.795. The molecule has 0 aromatic carbocycles. The van der Waals surface area contributed by atoms with E-state index in [1.165, 1.54) is 58.2 Å². The summed E-state index contributed by atoms with van der Waals surface area (Å²) in [5, 5.41) is 0. The predicted molar refractivity (Wildman–Crippen MR) is 86.0 cm³/mol. The van der Waals surface area contributed by atoms with Crippen LogP contribution in [0.5, 0.6) is 0 Å². The van der Waals surface area contributed by atoms with Gasteiger partial charge in [0, 0.05) is 25.6 Å². The number of piperidine rings is 2. The number of amides is 1. The second-order valence-corrected chi connectivity index (χ2v) is 7.90. The molecule has 0 spiro atoms. The Morgan fingerprint density at radius 3 is 2.00 bits per heavy atom. The molecule has 0 bridgehead atoms. The van der Waals surface area contributed by atoms with Crippen molar-refractivity contribution in [2.24, 2.45) is 23.7 Å². The number of likely N-dealkylation sites (tertiary alicyclic amines) is 2. The van der Waals surface area contributed by atoms with Crippen molar-refractivity contribution in [3.63, 3.8) is 0 Å². The Morgan fingerprint density at radius 2 is 1.48 bits per heavy atom. The zero-order valence-corrected chi connectivity index (χ0v) is 13.9. The summed E-state index contributed by atoms with van der Waals surface area (Å²) in [6, 6.07) is 0. The summed E-state index contributed by atoms with van der Waals surface area (Å²) >= 11 is 0. The van der Waals surface area contributed by atoms with Gasteiger partial charge < -0.3 is 9.80 Å². The zero-order valence-electron chi connectivity index (χ0n) is 13.9. The molecular weight excluding hydrogens is 260 g/mol. The van der Waals surface area contributed by atoms with Crippen molar-refractivity contribution in [2.45, 2.75) is 52.4 Å². The van der Waals surface area contributed by atoms with E-state index in [1.807, 2.05) is 13.8 Å². The molecule has 120 valence electrons. The number of carbonyl (C=O) groups excluding carboxylic acids is 1. The number of nitrogens with zero attached hydrogens (tertiary/aromatic N) is 2. The molecular formula is C18H32N2O. The second-order valence-electron chi connectivity index (χ2n) is 7.90. The Kier molecular flexibility index (Phi) is 4.88. The van der Waals surface area contributed by atoms with Crippen LogP contribution >= 0.6 is 0 Å². The van der Waals surface area contributed by atoms with Crippen LogP contribution < -0.4 is 0 Å². The lowest BCUT2D eigenvalue weighted by molar-refractivity contribution is -0.135. The third-order valence-corrected chi connectivity index (χ3v) is 5.86. The molecule has 0 aromatic heterocycles. The van der Waals surface area contributed by atoms with Crippen LogP contribution in [0.25, 0.3) is 0 Å². The van der Waals surface area contributed by atoms with Gasteiger partial charge in [0.25, 0.3) is 0 Å². The smallest absolute Gasteiger partial charge is 0.225 e. The van der Waals surface area contributed by atoms with Crippen LogP contribution in [0.2, 0.25) is 0 Å². The molecule has 2 saturated heterocycles. The first-order valence-corrected chi connectivity index (χ1v) is 9.14. The fourth-order valence-electron chi connectivity index (χ4n) is 4.24. The van der Waals surface area contributed by atoms with Crippen LogP contribution in [0.15, 0.2) is 0 Å². The Labute approximate surface area is 130 Å². The molecule has 0 atom stereocenters. The molecule has 0 radical (unpaired) electrons. The van der Waals surface area contributed by atoms with Crippen molar-refractivity contribution in [1.29, 1.82) is 0 Å². The van der Waals surface area contributed by atoms with E-state index in [4.69, 9.17) is 0 Å². The van der Waals surface area contributed by atoms with Gasteiger partial charge in [0.15, 0.2) is 0 Å². The summed E-state index contributed by atoms with van der Waals surface area (Å²) in [6.07, 6.45) is 8.31. The first-order valence-electron chi connectivity index (χ1n) is 9.14. The minimum absolute atomic E-state index is 0.156. The molecule has 0 aromatic rings. The van der Waals surface area contributed by atoms with Crippen molar-refractivity contribution in [2.75, 3.05) is 32.7 Å². The van der Waals surface area contributed by atoms with E-state index in [-0.39, 0.29) is 5.92 Å². The molecule has 1 amide bonds. The van der Waals surface area contributed by atoms with Crippen LogP contribution in [-0.2, 0) is 4.79 Å². The van der Waals surface area contributed by atoms with E-state index >= 15 is 0 Å². The lowest BCUT2D eigenvalue weighted by atomic mass is 9.90. The number of hydrogen-bond acceptors (Lipinski definition) is 2. The van der Waals surface area contributed by atoms with E-state index in [1.54, 1.807) is 0 Å². The first-order chi connectivity index (χ1) is 10.1. The van der Waals surface area contributed by atoms with E-state index < -0.39 is 0 Å². The fraction of sp³-hybridized carbons (Fsp3) is 0.944. The van der Waals surface area contributed by atoms with Gasteiger partial charge in [0.05, 0.1) is 0 Å². The average Bonchev–Trinajstić information content (AvgIpc) is 3.33. The van der Waals surface area contributed by atoms with E-state index in [2.05, 4.69) is 9.80 Å². The third-order valence-electron chi connectivity index (χ3n) is 5.86. The molecule has 2 heterocycles. The van der Waals surface area contributed by atoms with E-state index in [0.717, 1.165) is 30.8 Å². The third kappa shape index (κ3) is 4.00. The topological polar surface area (TPSA) is 23.6 Å². The van der Waals surface area contributed by atoms with Crippen molar-refractivity contribution >= 4 is 5.91 Å². The average molecular weight is 292 g/mol. The maximum Gasteiger partial charge on any atom is 0.225 e. The summed E-state index contributed by atoms with van der Waals surface area (Å²) in [5.74, 6) is 3.46. The summed E-state index contributed by atoms with van der Waals surface area (Å²) in [7, 11) is 0. The van der Waals surface area contributed by atoms with E-state index in [0.29, 0.717) is 5.91 Å². The van der Waals surface area contributed by atoms with Gasteiger partial charge in [-0.05, 0) is 69.4 Å². The highest BCUT2D eigenvalue weighted by Crippen LogP contribution is 2.41. The molecule has 1 aliphatic carbocycles. The number of rotatable bonds is 4. The molecule has 21 heavy (non-hydrogen) atoms. The van der Waals surface area contributed by atoms with Gasteiger partial charge >= 0.3 is 0 Å². The lowest BCUT2D eigenvalue weighted by Gasteiger charge is -2.38. The molecule has 3 aliphatic rings. The van der Waals surface area contributed by atoms with Crippen LogP contribution in [0.1, 0.15) is 52.4 Å². The van der Waals surface area contributed by atoms with Gasteiger partial charge in [0.2, 0.25) is 5.91 Å². The van der Waals surface area contributed by atoms with Crippen LogP contribution in [0, 0.1) is 23.7 Å². The van der Waals surface area contributed by atoms with Crippen molar-refractivity contribution in [3.05, 3.63) is 0 Å². The van der Waals surface area contributed by atoms with Gasteiger partial charge in [-0.2, -0.15) is 0 Å². The standard InChI is InChI=1S/C18H32N2O/c1-14(2)18(21)20-11-5-15(6-12-20)13-19-9-7-17(8-10-19)16-3-4-16/h14-17H,3-13H2,1-2H3. The number of carbonyl (C=O) groups is 1. The van der Waals surface area contributed by atoms with Crippen molar-refractivity contribution < 1.29 is 4.79 Å². The van der Waals surface area contributed by atoms with Gasteiger partial charge in [0.1, 0.15) is 0 Å². The van der Waals surface area contributed by atoms with Gasteiger partial charge in [-0.25, -0.2) is 0 Å². The summed E-state index contributed by atoms with van der Waals surface area (Å²) in [4.78, 5) is 16.8. The highest BCUT2D eigenvalue weighted by Gasteiger charge is 2.34. The molecule has 1 saturated carbocycles. The Morgan fingerprint density at radius 1 is 0.905 bits per heavy atom. The van der Waals surface area contributed by atoms with Crippen LogP contribution in [0.4, 0.5) is 0 Å². The molecule has 0 N–H and O–H groups in total. The SMILES string of the molecule is CC(C)C(=O)N1CCC(CN2CCC(C3CC3)CC2)CC1. The van der Waals surface area contributed by atoms with Crippen molar-refractivity contribution in [1.82, 2.24) is 9.80 Å². The van der Waals surface area contributed by atoms with Gasteiger partial charge in [-0.1, -0.05) is 13.8 Å². The zero-order chi connectivity index (χ0) is 14.8. The molecule has 3 nitrogen and oxygen atoms in total. The molecule has 3 heteroatoms. The molecule has 3 fully saturated rings. The first kappa shape index (κ1) is 15.3. The van der Waals surface area contributed by atoms with Gasteiger partial charge in [-0.3, -0.25) is 4.79 Å². The summed E-state index contributed by atoms with van der Waals surface area (Å²) in [5.41, 5.74) is 0. The number of hydrogen-bond donors (Lipinski definition) is 0. The minimum Gasteiger partial charge on any atom is -0.342 e. The largest absolute Gasteiger partial charge is 0.342 e. The fourth-order valence-corrected chi connectivity index (χ4v) is 4.24. The normalized spacial score (nSPS) is 26.5. The van der Waals surface area contributed by atoms with Crippen LogP contribution in [-0.4, -0.2) is 48.4 Å². The van der Waals surface area contributed by atoms with Crippen molar-refractivity contribution in [3.8, 4) is 0 Å². The Hall–Kier alpha value is -0.570. The van der Waals surface area contributed by atoms with Crippen LogP contribution in [0.3, 0.4) is 0 Å². The summed E-state index contributed by atoms with van der Waals surface area (Å²) in [6.45, 7) is 9.93. The second kappa shape index (κ2) is 6.68. The molecule has 3 rings (SSSR count). The maximum absolute atomic E-state index is 12.0. The predicted octanol–water partition coefficient (Wildman–Crippen LogP) is 3.00. The highest BCUT2D eigenvalue weighted by molar-refractivity contribution is 5.78. The molecule has 0 unspecified atom stereocenters. The Bertz CT molecular complexity index is 348. The molecule has 2 aliphatic heterocycles. The minimum atomic E-state index is 0.156. The highest BCUT2D eigenvalue weighted by atomic mass is 16.2. The monoisotopic (exact) mass is 292 g/mol. The maximum atomic E-state index is 12.0. The lowest BCUT2D eigenvalue weighted by Crippen LogP contribution is -2.44. The Balaban J connectivity index is 1.36. The van der Waals surface area contributed by atoms with Gasteiger partial charge in [-0.15, -0.1) is 0 Å². The summed E-state index contributed by atoms with van der Waals surface area (Å²) < 4.78 is 0. The van der Waals surface area contributed by atoms with E-state index in [9.17, 15) is 4.79 Å².